The minimum atomic E-state index is -4.66. The van der Waals surface area contributed by atoms with Crippen LogP contribution in [0.25, 0.3) is 11.3 Å². The number of piperidine rings is 1. The third-order valence-corrected chi connectivity index (χ3v) is 6.95. The smallest absolute Gasteiger partial charge is 0.418 e. The third-order valence-electron chi connectivity index (χ3n) is 6.72. The molecule has 1 aliphatic rings. The van der Waals surface area contributed by atoms with Gasteiger partial charge < -0.3 is 15.0 Å². The topological polar surface area (TPSA) is 67.3 Å². The summed E-state index contributed by atoms with van der Waals surface area (Å²) in [5.41, 5.74) is 1.32. The highest BCUT2D eigenvalue weighted by Gasteiger charge is 2.40. The molecule has 1 N–H and O–H groups in total. The fourth-order valence-electron chi connectivity index (χ4n) is 5.02. The molecule has 3 heterocycles. The molecule has 0 unspecified atom stereocenters. The van der Waals surface area contributed by atoms with Gasteiger partial charge in [0.15, 0.2) is 0 Å². The van der Waals surface area contributed by atoms with E-state index in [1.807, 2.05) is 65.8 Å². The van der Waals surface area contributed by atoms with Gasteiger partial charge in [-0.3, -0.25) is 9.78 Å². The van der Waals surface area contributed by atoms with Crippen LogP contribution < -0.4 is 15.0 Å². The fraction of sp³-hybridized carbons (Fsp3) is 0.452. The van der Waals surface area contributed by atoms with Crippen LogP contribution in [0.15, 0.2) is 48.7 Å². The molecule has 2 aromatic heterocycles. The van der Waals surface area contributed by atoms with Gasteiger partial charge in [-0.05, 0) is 81.7 Å². The lowest BCUT2D eigenvalue weighted by Gasteiger charge is -2.42. The summed E-state index contributed by atoms with van der Waals surface area (Å²) >= 11 is 5.87. The van der Waals surface area contributed by atoms with Crippen LogP contribution >= 0.6 is 11.6 Å². The van der Waals surface area contributed by atoms with Crippen LogP contribution in [0.1, 0.15) is 64.3 Å². The van der Waals surface area contributed by atoms with E-state index in [-0.39, 0.29) is 17.3 Å². The molecule has 6 nitrogen and oxygen atoms in total. The number of hydrogen-bond acceptors (Lipinski definition) is 5. The summed E-state index contributed by atoms with van der Waals surface area (Å²) in [6.07, 6.45) is -1.29. The number of carbonyl (C=O) groups is 1. The number of pyridine rings is 2. The van der Waals surface area contributed by atoms with Crippen LogP contribution in [-0.4, -0.2) is 42.6 Å². The monoisotopic (exact) mass is 592 g/mol. The second-order valence-corrected chi connectivity index (χ2v) is 9.48. The van der Waals surface area contributed by atoms with E-state index in [0.29, 0.717) is 50.5 Å². The van der Waals surface area contributed by atoms with E-state index >= 15 is 0 Å². The van der Waals surface area contributed by atoms with Gasteiger partial charge in [0.05, 0.1) is 29.1 Å². The van der Waals surface area contributed by atoms with E-state index in [9.17, 15) is 18.0 Å². The van der Waals surface area contributed by atoms with Crippen molar-refractivity contribution in [3.05, 3.63) is 70.5 Å². The van der Waals surface area contributed by atoms with Crippen molar-refractivity contribution in [2.24, 2.45) is 0 Å². The van der Waals surface area contributed by atoms with Crippen molar-refractivity contribution in [3.63, 3.8) is 0 Å². The normalized spacial score (nSPS) is 14.1. The van der Waals surface area contributed by atoms with E-state index in [2.05, 4.69) is 10.3 Å². The van der Waals surface area contributed by atoms with Gasteiger partial charge in [-0.2, -0.15) is 13.2 Å². The molecule has 0 spiro atoms. The predicted molar refractivity (Wildman–Crippen MR) is 160 cm³/mol. The fourth-order valence-corrected chi connectivity index (χ4v) is 5.19. The molecule has 10 heteroatoms. The lowest BCUT2D eigenvalue weighted by atomic mass is 9.72. The van der Waals surface area contributed by atoms with Gasteiger partial charge in [0.25, 0.3) is 0 Å². The van der Waals surface area contributed by atoms with Crippen LogP contribution in [0.3, 0.4) is 0 Å². The average molecular weight is 593 g/mol. The number of anilines is 1. The quantitative estimate of drug-likeness (QED) is 0.270. The Kier molecular flexibility index (Phi) is 13.1. The first-order chi connectivity index (χ1) is 19.7. The van der Waals surface area contributed by atoms with Crippen molar-refractivity contribution >= 4 is 23.7 Å². The molecule has 3 aromatic rings. The van der Waals surface area contributed by atoms with Crippen molar-refractivity contribution < 1.29 is 22.7 Å². The van der Waals surface area contributed by atoms with Gasteiger partial charge in [0, 0.05) is 28.9 Å². The summed E-state index contributed by atoms with van der Waals surface area (Å²) in [7, 11) is 0. The number of rotatable bonds is 8. The van der Waals surface area contributed by atoms with Crippen molar-refractivity contribution in [1.82, 2.24) is 15.3 Å². The maximum Gasteiger partial charge on any atom is 0.418 e. The molecule has 0 saturated carbocycles. The molecule has 0 atom stereocenters. The van der Waals surface area contributed by atoms with Gasteiger partial charge >= 0.3 is 6.18 Å². The predicted octanol–water partition coefficient (Wildman–Crippen LogP) is 7.86. The molecule has 4 rings (SSSR count). The zero-order valence-electron chi connectivity index (χ0n) is 24.6. The minimum Gasteiger partial charge on any atom is -0.477 e. The Hall–Kier alpha value is -3.17. The molecule has 0 bridgehead atoms. The van der Waals surface area contributed by atoms with Crippen LogP contribution in [0, 0.1) is 6.92 Å². The number of benzene rings is 1. The second-order valence-electron chi connectivity index (χ2n) is 9.04. The van der Waals surface area contributed by atoms with E-state index in [0.717, 1.165) is 27.8 Å². The molecule has 1 saturated heterocycles. The number of alkyl halides is 3. The molecule has 1 fully saturated rings. The first-order valence-corrected chi connectivity index (χ1v) is 14.4. The Morgan fingerprint density at radius 2 is 1.78 bits per heavy atom. The van der Waals surface area contributed by atoms with Crippen molar-refractivity contribution in [2.45, 2.75) is 66.0 Å². The maximum absolute atomic E-state index is 13.8. The number of amides is 1. The maximum atomic E-state index is 13.8. The Balaban J connectivity index is 0.00000141. The molecule has 1 aromatic carbocycles. The number of nitrogens with zero attached hydrogens (tertiary/aromatic N) is 3. The Morgan fingerprint density at radius 3 is 2.37 bits per heavy atom. The van der Waals surface area contributed by atoms with Crippen molar-refractivity contribution in [3.8, 4) is 17.1 Å². The molecule has 1 aliphatic heterocycles. The summed E-state index contributed by atoms with van der Waals surface area (Å²) in [5.74, 6) is 0.482. The molecular formula is C31H40ClF3N4O2. The lowest BCUT2D eigenvalue weighted by Crippen LogP contribution is -2.48. The Bertz CT molecular complexity index is 1260. The third kappa shape index (κ3) is 8.20. The van der Waals surface area contributed by atoms with E-state index < -0.39 is 17.2 Å². The summed E-state index contributed by atoms with van der Waals surface area (Å²) < 4.78 is 47.2. The minimum absolute atomic E-state index is 0.0454. The highest BCUT2D eigenvalue weighted by molar-refractivity contribution is 6.30. The number of nitrogens with one attached hydrogen (secondary N) is 1. The van der Waals surface area contributed by atoms with Gasteiger partial charge in [0.1, 0.15) is 0 Å². The Morgan fingerprint density at radius 1 is 1.10 bits per heavy atom. The Labute approximate surface area is 246 Å². The van der Waals surface area contributed by atoms with E-state index in [4.69, 9.17) is 21.3 Å². The van der Waals surface area contributed by atoms with E-state index in [1.54, 1.807) is 6.20 Å². The van der Waals surface area contributed by atoms with E-state index in [1.165, 1.54) is 12.1 Å². The number of hydrogen-bond donors (Lipinski definition) is 1. The van der Waals surface area contributed by atoms with Crippen LogP contribution in [0.2, 0.25) is 5.02 Å². The second kappa shape index (κ2) is 15.7. The van der Waals surface area contributed by atoms with Gasteiger partial charge in [-0.1, -0.05) is 45.4 Å². The highest BCUT2D eigenvalue weighted by Crippen LogP contribution is 2.42. The molecule has 41 heavy (non-hydrogen) atoms. The molecular weight excluding hydrogens is 553 g/mol. The zero-order valence-corrected chi connectivity index (χ0v) is 25.4. The van der Waals surface area contributed by atoms with Crippen LogP contribution in [-0.2, 0) is 16.4 Å². The van der Waals surface area contributed by atoms with Gasteiger partial charge in [-0.25, -0.2) is 4.98 Å². The number of ether oxygens (including phenoxy) is 1. The first kappa shape index (κ1) is 34.0. The summed E-state index contributed by atoms with van der Waals surface area (Å²) in [4.78, 5) is 22.5. The first-order valence-electron chi connectivity index (χ1n) is 14.0. The number of aryl methyl sites for hydroxylation is 1. The summed E-state index contributed by atoms with van der Waals surface area (Å²) in [5, 5.41) is 3.27. The highest BCUT2D eigenvalue weighted by atomic mass is 35.5. The summed E-state index contributed by atoms with van der Waals surface area (Å²) in [6.45, 7) is 13.6. The SMILES string of the molecule is CC.CC.CCOc1ncccc1-c1ccc(C2(CN(C=O)c3ccc(Cl)cc3C(F)(F)F)CCNCC2)c(C)n1. The molecule has 1 amide bonds. The van der Waals surface area contributed by atoms with Crippen LogP contribution in [0.5, 0.6) is 5.88 Å². The average Bonchev–Trinajstić information content (AvgIpc) is 2.98. The van der Waals surface area contributed by atoms with Gasteiger partial charge in [0.2, 0.25) is 12.3 Å². The zero-order chi connectivity index (χ0) is 30.6. The molecule has 0 radical (unpaired) electrons. The molecule has 224 valence electrons. The lowest BCUT2D eigenvalue weighted by molar-refractivity contribution is -0.137. The number of halogens is 4. The molecule has 0 aliphatic carbocycles. The van der Waals surface area contributed by atoms with Crippen LogP contribution in [0.4, 0.5) is 18.9 Å². The standard InChI is InChI=1S/C27H28ClF3N4O2.2C2H6/c1-3-37-25-20(5-4-12-33-25)23-8-7-21(18(2)34-23)26(10-13-32-14-11-26)16-35(17-36)24-9-6-19(28)15-22(24)27(29,30)31;2*1-2/h4-9,12,15,17,32H,3,10-11,13-14,16H2,1-2H3;2*1-2H3. The number of aromatic nitrogens is 2. The largest absolute Gasteiger partial charge is 0.477 e. The van der Waals surface area contributed by atoms with Crippen molar-refractivity contribution in [2.75, 3.05) is 31.1 Å². The van der Waals surface area contributed by atoms with Crippen molar-refractivity contribution in [1.29, 1.82) is 0 Å². The number of carbonyl (C=O) groups excluding carboxylic acids is 1. The van der Waals surface area contributed by atoms with Gasteiger partial charge in [-0.15, -0.1) is 0 Å². The summed E-state index contributed by atoms with van der Waals surface area (Å²) in [6, 6.07) is 11.0.